The van der Waals surface area contributed by atoms with E-state index in [1.165, 1.54) is 26.5 Å². The van der Waals surface area contributed by atoms with Gasteiger partial charge in [0, 0.05) is 25.5 Å². The lowest BCUT2D eigenvalue weighted by Gasteiger charge is -2.47. The maximum Gasteiger partial charge on any atom is 0.261 e. The Morgan fingerprint density at radius 1 is 0.627 bits per heavy atom. The molecule has 1 heterocycles. The predicted octanol–water partition coefficient (Wildman–Crippen LogP) is 9.75. The smallest absolute Gasteiger partial charge is 0.261 e. The first kappa shape index (κ1) is 36.0. The van der Waals surface area contributed by atoms with Gasteiger partial charge in [-0.1, -0.05) is 146 Å². The SMILES string of the molecule is C=C/C=C\C=C(/C)C(N)CC1(C)[P+](c2ccccc2)(c2ccccc2)/C(=C/C=C\C=C)Oc2ccccc2[P+]1(c1ccccc1)c1ccccc1. The molecule has 1 aliphatic rings. The van der Waals surface area contributed by atoms with E-state index in [1.54, 1.807) is 6.08 Å². The van der Waals surface area contributed by atoms with Crippen LogP contribution in [0.25, 0.3) is 0 Å². The fourth-order valence-electron chi connectivity index (χ4n) is 7.90. The van der Waals surface area contributed by atoms with E-state index in [0.29, 0.717) is 6.42 Å². The van der Waals surface area contributed by atoms with Crippen molar-refractivity contribution < 1.29 is 4.74 Å². The Bertz CT molecular complexity index is 1990. The Hall–Kier alpha value is -4.84. The van der Waals surface area contributed by atoms with Crippen molar-refractivity contribution in [3.63, 3.8) is 0 Å². The van der Waals surface area contributed by atoms with Crippen LogP contribution in [0, 0.1) is 0 Å². The monoisotopic (exact) mass is 703 g/mol. The van der Waals surface area contributed by atoms with Crippen molar-refractivity contribution in [3.8, 4) is 5.75 Å². The molecule has 2 unspecified atom stereocenters. The molecule has 4 heteroatoms. The second kappa shape index (κ2) is 16.0. The standard InChI is InChI=1S/C47H47NOP2/c1-5-7-13-25-38(3)43(48)37-47(4)50(39-26-15-9-16-27-39,40-28-17-10-18-29-40)45-35-24-23-34-44(45)49-46(36-14-8-6-2)51(47,41-30-19-11-20-31-41)42-32-21-12-22-33-42/h5-36,43H,1-2,37,48H2,3-4H3/q+2/b13-7-,14-8-,38-25+,46-36+. The first-order chi connectivity index (χ1) is 24.9. The molecule has 0 aromatic heterocycles. The summed E-state index contributed by atoms with van der Waals surface area (Å²) >= 11 is 0. The van der Waals surface area contributed by atoms with Crippen molar-refractivity contribution in [3.05, 3.63) is 218 Å². The van der Waals surface area contributed by atoms with Crippen LogP contribution in [-0.4, -0.2) is 10.9 Å². The summed E-state index contributed by atoms with van der Waals surface area (Å²) in [5.41, 5.74) is 9.59. The topological polar surface area (TPSA) is 35.2 Å². The molecule has 0 amide bonds. The molecule has 0 bridgehead atoms. The molecule has 2 N–H and O–H groups in total. The lowest BCUT2D eigenvalue weighted by molar-refractivity contribution is 0.465. The molecule has 0 aliphatic carbocycles. The Balaban J connectivity index is 1.92. The van der Waals surface area contributed by atoms with Crippen molar-refractivity contribution in [2.24, 2.45) is 5.73 Å². The van der Waals surface area contributed by atoms with E-state index < -0.39 is 19.4 Å². The molecule has 0 radical (unpaired) electrons. The molecule has 2 nitrogen and oxygen atoms in total. The third-order valence-corrected chi connectivity index (χ3v) is 21.4. The second-order valence-corrected chi connectivity index (χ2v) is 20.9. The van der Waals surface area contributed by atoms with Gasteiger partial charge in [0.1, 0.15) is 21.2 Å². The Kier molecular flexibility index (Phi) is 11.3. The van der Waals surface area contributed by atoms with E-state index in [1.807, 2.05) is 24.3 Å². The summed E-state index contributed by atoms with van der Waals surface area (Å²) in [6.45, 7) is 12.6. The van der Waals surface area contributed by atoms with Crippen LogP contribution in [0.2, 0.25) is 0 Å². The van der Waals surface area contributed by atoms with E-state index in [2.05, 4.69) is 191 Å². The molecular weight excluding hydrogens is 656 g/mol. The lowest BCUT2D eigenvalue weighted by atomic mass is 10.0. The average Bonchev–Trinajstić information content (AvgIpc) is 3.25. The van der Waals surface area contributed by atoms with Crippen LogP contribution < -0.4 is 37.0 Å². The van der Waals surface area contributed by atoms with Gasteiger partial charge in [-0.15, -0.1) is 0 Å². The highest BCUT2D eigenvalue weighted by molar-refractivity contribution is 8.11. The molecule has 0 saturated heterocycles. The molecule has 2 atom stereocenters. The third-order valence-electron chi connectivity index (χ3n) is 10.1. The summed E-state index contributed by atoms with van der Waals surface area (Å²) in [6.07, 6.45) is 16.7. The van der Waals surface area contributed by atoms with Crippen LogP contribution in [0.1, 0.15) is 20.3 Å². The van der Waals surface area contributed by atoms with Gasteiger partial charge in [0.2, 0.25) is 4.90 Å². The third kappa shape index (κ3) is 6.34. The highest BCUT2D eigenvalue weighted by atomic mass is 31.2. The van der Waals surface area contributed by atoms with Crippen molar-refractivity contribution >= 4 is 41.0 Å². The minimum Gasteiger partial charge on any atom is -0.422 e. The second-order valence-electron chi connectivity index (χ2n) is 12.9. The molecule has 5 aromatic carbocycles. The van der Waals surface area contributed by atoms with Gasteiger partial charge in [0.25, 0.3) is 5.50 Å². The van der Waals surface area contributed by atoms with Crippen molar-refractivity contribution in [1.29, 1.82) is 0 Å². The zero-order valence-corrected chi connectivity index (χ0v) is 31.3. The zero-order valence-electron chi connectivity index (χ0n) is 29.6. The zero-order chi connectivity index (χ0) is 35.7. The van der Waals surface area contributed by atoms with Crippen LogP contribution in [0.3, 0.4) is 0 Å². The van der Waals surface area contributed by atoms with Crippen LogP contribution in [-0.2, 0) is 0 Å². The summed E-state index contributed by atoms with van der Waals surface area (Å²) in [7, 11) is -5.52. The van der Waals surface area contributed by atoms with E-state index in [0.717, 1.165) is 16.8 Å². The van der Waals surface area contributed by atoms with E-state index in [4.69, 9.17) is 10.5 Å². The molecule has 51 heavy (non-hydrogen) atoms. The molecule has 5 aromatic rings. The van der Waals surface area contributed by atoms with Gasteiger partial charge < -0.3 is 10.5 Å². The highest BCUT2D eigenvalue weighted by Gasteiger charge is 2.80. The maximum absolute atomic E-state index is 7.53. The summed E-state index contributed by atoms with van der Waals surface area (Å²) in [6, 6.07) is 53.0. The van der Waals surface area contributed by atoms with Crippen LogP contribution >= 0.6 is 14.5 Å². The number of allylic oxidation sites excluding steroid dienone is 8. The normalized spacial score (nSPS) is 19.6. The minimum absolute atomic E-state index is 0.265. The molecular formula is C47H47NOP2+2. The Morgan fingerprint density at radius 3 is 1.55 bits per heavy atom. The summed E-state index contributed by atoms with van der Waals surface area (Å²) in [5.74, 6) is 0.881. The largest absolute Gasteiger partial charge is 0.422 e. The minimum atomic E-state index is -2.81. The first-order valence-electron chi connectivity index (χ1n) is 17.4. The molecule has 0 spiro atoms. The Labute approximate surface area is 305 Å². The molecule has 254 valence electrons. The van der Waals surface area contributed by atoms with Gasteiger partial charge in [0.15, 0.2) is 25.6 Å². The number of para-hydroxylation sites is 1. The van der Waals surface area contributed by atoms with Crippen LogP contribution in [0.15, 0.2) is 218 Å². The van der Waals surface area contributed by atoms with Gasteiger partial charge in [-0.05, 0) is 67.6 Å². The van der Waals surface area contributed by atoms with Gasteiger partial charge in [0.05, 0.1) is 0 Å². The quantitative estimate of drug-likeness (QED) is 0.110. The number of fused-ring (bicyclic) bond motifs is 1. The number of nitrogens with two attached hydrogens (primary N) is 1. The Morgan fingerprint density at radius 2 is 1.06 bits per heavy atom. The van der Waals surface area contributed by atoms with Crippen molar-refractivity contribution in [2.45, 2.75) is 31.2 Å². The average molecular weight is 704 g/mol. The molecule has 1 aliphatic heterocycles. The molecule has 0 saturated carbocycles. The van der Waals surface area contributed by atoms with E-state index in [-0.39, 0.29) is 6.04 Å². The number of hydrogen-bond donors (Lipinski definition) is 1. The first-order valence-corrected chi connectivity index (χ1v) is 21.0. The predicted molar refractivity (Wildman–Crippen MR) is 226 cm³/mol. The van der Waals surface area contributed by atoms with Crippen molar-refractivity contribution in [2.75, 3.05) is 0 Å². The number of rotatable bonds is 11. The molecule has 0 fully saturated rings. The fraction of sp³-hybridized carbons (Fsp3) is 0.106. The van der Waals surface area contributed by atoms with Crippen molar-refractivity contribution in [1.82, 2.24) is 0 Å². The lowest BCUT2D eigenvalue weighted by Crippen LogP contribution is -2.53. The van der Waals surface area contributed by atoms with Crippen LogP contribution in [0.4, 0.5) is 0 Å². The summed E-state index contributed by atoms with van der Waals surface area (Å²) < 4.78 is 7.52. The van der Waals surface area contributed by atoms with Gasteiger partial charge in [-0.2, -0.15) is 0 Å². The number of ether oxygens (including phenoxy) is 1. The highest BCUT2D eigenvalue weighted by Crippen LogP contribution is 2.89. The number of hydrogen-bond acceptors (Lipinski definition) is 2. The number of benzene rings is 5. The van der Waals surface area contributed by atoms with Gasteiger partial charge in [-0.3, -0.25) is 0 Å². The maximum atomic E-state index is 7.53. The summed E-state index contributed by atoms with van der Waals surface area (Å²) in [4.78, 5) is -0.525. The van der Waals surface area contributed by atoms with Gasteiger partial charge >= 0.3 is 0 Å². The van der Waals surface area contributed by atoms with Gasteiger partial charge in [-0.25, -0.2) is 0 Å². The van der Waals surface area contributed by atoms with E-state index >= 15 is 0 Å². The fourth-order valence-corrected chi connectivity index (χ4v) is 21.3. The summed E-state index contributed by atoms with van der Waals surface area (Å²) in [5, 5.41) is 6.32. The molecule has 6 rings (SSSR count). The van der Waals surface area contributed by atoms with E-state index in [9.17, 15) is 0 Å². The van der Waals surface area contributed by atoms with Crippen LogP contribution in [0.5, 0.6) is 5.75 Å².